The zero-order valence-corrected chi connectivity index (χ0v) is 16.8. The van der Waals surface area contributed by atoms with Crippen molar-refractivity contribution in [2.24, 2.45) is 0 Å². The molecule has 2 aliphatic heterocycles. The molecule has 1 fully saturated rings. The van der Waals surface area contributed by atoms with Gasteiger partial charge in [0.25, 0.3) is 11.8 Å². The first-order valence-corrected chi connectivity index (χ1v) is 9.91. The molecular weight excluding hydrogens is 390 g/mol. The summed E-state index contributed by atoms with van der Waals surface area (Å²) in [5.41, 5.74) is -0.00676. The smallest absolute Gasteiger partial charge is 0.323 e. The van der Waals surface area contributed by atoms with Crippen LogP contribution in [0.2, 0.25) is 0 Å². The molecule has 1 aromatic heterocycles. The van der Waals surface area contributed by atoms with Crippen LogP contribution < -0.4 is 15.4 Å². The predicted octanol–water partition coefficient (Wildman–Crippen LogP) is 1.69. The second-order valence-corrected chi connectivity index (χ2v) is 8.26. The number of nitrogens with zero attached hydrogens (tertiary/aromatic N) is 1. The van der Waals surface area contributed by atoms with Gasteiger partial charge in [-0.05, 0) is 49.2 Å². The van der Waals surface area contributed by atoms with Gasteiger partial charge >= 0.3 is 6.03 Å². The summed E-state index contributed by atoms with van der Waals surface area (Å²) in [5.74, 6) is 5.85. The van der Waals surface area contributed by atoms with E-state index in [2.05, 4.69) is 22.5 Å². The van der Waals surface area contributed by atoms with Crippen molar-refractivity contribution in [1.29, 1.82) is 0 Å². The van der Waals surface area contributed by atoms with Crippen LogP contribution in [0.4, 0.5) is 4.79 Å². The summed E-state index contributed by atoms with van der Waals surface area (Å²) in [5, 5.41) is 4.87. The van der Waals surface area contributed by atoms with Gasteiger partial charge in [0.15, 0.2) is 0 Å². The van der Waals surface area contributed by atoms with Crippen molar-refractivity contribution in [1.82, 2.24) is 15.5 Å². The molecule has 1 atom stereocenters. The minimum atomic E-state index is -1.48. The number of amides is 4. The van der Waals surface area contributed by atoms with Crippen LogP contribution in [0.1, 0.15) is 25.7 Å². The molecule has 8 heteroatoms. The number of urea groups is 1. The fourth-order valence-electron chi connectivity index (χ4n) is 3.48. The van der Waals surface area contributed by atoms with Gasteiger partial charge in [-0.2, -0.15) is 0 Å². The van der Waals surface area contributed by atoms with Crippen LogP contribution in [0.25, 0.3) is 0 Å². The third-order valence-corrected chi connectivity index (χ3v) is 5.91. The summed E-state index contributed by atoms with van der Waals surface area (Å²) in [6.07, 6.45) is 0.626. The molecule has 2 N–H and O–H groups in total. The number of carbonyl (C=O) groups is 3. The SMILES string of the molecule is COc1ccc2c(c1)CCN(C[C@@]1(C#Cc3ccc(C)s3)NC(=O)NC1=O)C2=O. The van der Waals surface area contributed by atoms with Crippen LogP contribution in [0.3, 0.4) is 0 Å². The molecule has 0 radical (unpaired) electrons. The second kappa shape index (κ2) is 7.26. The number of fused-ring (bicyclic) bond motifs is 1. The summed E-state index contributed by atoms with van der Waals surface area (Å²) in [7, 11) is 1.58. The molecule has 4 rings (SSSR count). The van der Waals surface area contributed by atoms with E-state index in [1.165, 1.54) is 11.3 Å². The van der Waals surface area contributed by atoms with Crippen LogP contribution >= 0.6 is 11.3 Å². The van der Waals surface area contributed by atoms with Gasteiger partial charge in [0.1, 0.15) is 5.75 Å². The minimum absolute atomic E-state index is 0.0216. The summed E-state index contributed by atoms with van der Waals surface area (Å²) >= 11 is 1.50. The molecule has 0 saturated carbocycles. The molecule has 29 heavy (non-hydrogen) atoms. The topological polar surface area (TPSA) is 87.7 Å². The van der Waals surface area contributed by atoms with Crippen molar-refractivity contribution in [3.05, 3.63) is 51.2 Å². The molecule has 0 spiro atoms. The molecule has 3 heterocycles. The molecule has 148 valence electrons. The standard InChI is InChI=1S/C21H19N3O4S/c1-13-3-5-16(29-13)7-9-21(19(26)22-20(27)23-21)12-24-10-8-14-11-15(28-2)4-6-17(14)18(24)25/h3-6,11H,8,10,12H2,1-2H3,(H2,22,23,26,27)/t21-/m1/s1. The zero-order chi connectivity index (χ0) is 20.6. The van der Waals surface area contributed by atoms with E-state index in [-0.39, 0.29) is 12.5 Å². The lowest BCUT2D eigenvalue weighted by molar-refractivity contribution is -0.122. The van der Waals surface area contributed by atoms with E-state index in [0.717, 1.165) is 15.3 Å². The molecule has 4 amide bonds. The molecule has 2 aliphatic rings. The number of carbonyl (C=O) groups excluding carboxylic acids is 3. The van der Waals surface area contributed by atoms with Crippen molar-refractivity contribution in [2.45, 2.75) is 18.9 Å². The van der Waals surface area contributed by atoms with Gasteiger partial charge in [-0.25, -0.2) is 4.79 Å². The largest absolute Gasteiger partial charge is 0.497 e. The Morgan fingerprint density at radius 2 is 2.07 bits per heavy atom. The van der Waals surface area contributed by atoms with Gasteiger partial charge in [-0.15, -0.1) is 11.3 Å². The molecule has 2 aromatic rings. The van der Waals surface area contributed by atoms with Crippen LogP contribution in [0.5, 0.6) is 5.75 Å². The van der Waals surface area contributed by atoms with E-state index in [1.807, 2.05) is 25.1 Å². The van der Waals surface area contributed by atoms with Crippen molar-refractivity contribution in [3.8, 4) is 17.6 Å². The number of nitrogens with one attached hydrogen (secondary N) is 2. The number of hydrogen-bond donors (Lipinski definition) is 2. The quantitative estimate of drug-likeness (QED) is 0.597. The fourth-order valence-corrected chi connectivity index (χ4v) is 4.20. The third kappa shape index (κ3) is 3.57. The van der Waals surface area contributed by atoms with Crippen LogP contribution in [-0.4, -0.2) is 48.5 Å². The predicted molar refractivity (Wildman–Crippen MR) is 108 cm³/mol. The lowest BCUT2D eigenvalue weighted by Gasteiger charge is -2.33. The minimum Gasteiger partial charge on any atom is -0.497 e. The molecule has 0 unspecified atom stereocenters. The van der Waals surface area contributed by atoms with E-state index in [0.29, 0.717) is 24.3 Å². The number of benzene rings is 1. The van der Waals surface area contributed by atoms with Crippen LogP contribution in [-0.2, 0) is 11.2 Å². The van der Waals surface area contributed by atoms with Crippen molar-refractivity contribution >= 4 is 29.2 Å². The molecule has 1 saturated heterocycles. The molecule has 0 aliphatic carbocycles. The third-order valence-electron chi connectivity index (χ3n) is 4.99. The molecule has 0 bridgehead atoms. The van der Waals surface area contributed by atoms with E-state index in [9.17, 15) is 14.4 Å². The number of methoxy groups -OCH3 is 1. The Kier molecular flexibility index (Phi) is 4.76. The Balaban J connectivity index is 1.63. The first kappa shape index (κ1) is 19.0. The highest BCUT2D eigenvalue weighted by Crippen LogP contribution is 2.25. The van der Waals surface area contributed by atoms with Gasteiger partial charge in [0.2, 0.25) is 5.54 Å². The average molecular weight is 409 g/mol. The Morgan fingerprint density at radius 3 is 2.72 bits per heavy atom. The highest BCUT2D eigenvalue weighted by molar-refractivity contribution is 7.12. The van der Waals surface area contributed by atoms with Crippen molar-refractivity contribution < 1.29 is 19.1 Å². The highest BCUT2D eigenvalue weighted by atomic mass is 32.1. The van der Waals surface area contributed by atoms with Gasteiger partial charge in [0.05, 0.1) is 18.5 Å². The summed E-state index contributed by atoms with van der Waals surface area (Å²) < 4.78 is 5.22. The number of thiophene rings is 1. The Bertz CT molecular complexity index is 1080. The monoisotopic (exact) mass is 409 g/mol. The number of ether oxygens (including phenoxy) is 1. The number of imide groups is 1. The lowest BCUT2D eigenvalue weighted by Crippen LogP contribution is -2.56. The Labute approximate surface area is 172 Å². The summed E-state index contributed by atoms with van der Waals surface area (Å²) in [4.78, 5) is 40.9. The molecule has 1 aromatic carbocycles. The van der Waals surface area contributed by atoms with Gasteiger partial charge in [-0.1, -0.05) is 11.8 Å². The lowest BCUT2D eigenvalue weighted by atomic mass is 9.94. The average Bonchev–Trinajstić information content (AvgIpc) is 3.24. The number of rotatable bonds is 3. The maximum atomic E-state index is 13.0. The van der Waals surface area contributed by atoms with Gasteiger partial charge in [0, 0.05) is 17.0 Å². The number of hydrogen-bond acceptors (Lipinski definition) is 5. The van der Waals surface area contributed by atoms with E-state index in [4.69, 9.17) is 4.74 Å². The second-order valence-electron chi connectivity index (χ2n) is 6.97. The van der Waals surface area contributed by atoms with E-state index >= 15 is 0 Å². The zero-order valence-electron chi connectivity index (χ0n) is 16.0. The maximum Gasteiger partial charge on any atom is 0.323 e. The van der Waals surface area contributed by atoms with E-state index < -0.39 is 17.5 Å². The first-order chi connectivity index (χ1) is 13.9. The van der Waals surface area contributed by atoms with E-state index in [1.54, 1.807) is 24.1 Å². The van der Waals surface area contributed by atoms with Crippen LogP contribution in [0, 0.1) is 18.8 Å². The van der Waals surface area contributed by atoms with Gasteiger partial charge in [-0.3, -0.25) is 14.9 Å². The Morgan fingerprint density at radius 1 is 1.24 bits per heavy atom. The Hall–Kier alpha value is -3.31. The van der Waals surface area contributed by atoms with Crippen molar-refractivity contribution in [3.63, 3.8) is 0 Å². The molecular formula is C21H19N3O4S. The van der Waals surface area contributed by atoms with Crippen LogP contribution in [0.15, 0.2) is 30.3 Å². The maximum absolute atomic E-state index is 13.0. The van der Waals surface area contributed by atoms with Gasteiger partial charge < -0.3 is 15.0 Å². The highest BCUT2D eigenvalue weighted by Gasteiger charge is 2.47. The normalized spacial score (nSPS) is 20.5. The number of aryl methyl sites for hydroxylation is 1. The summed E-state index contributed by atoms with van der Waals surface area (Å²) in [6.45, 7) is 2.37. The van der Waals surface area contributed by atoms with Crippen molar-refractivity contribution in [2.75, 3.05) is 20.2 Å². The first-order valence-electron chi connectivity index (χ1n) is 9.09. The summed E-state index contributed by atoms with van der Waals surface area (Å²) in [6, 6.07) is 8.51. The molecule has 7 nitrogen and oxygen atoms in total. The fraction of sp³-hybridized carbons (Fsp3) is 0.286.